The van der Waals surface area contributed by atoms with Crippen LogP contribution >= 0.6 is 0 Å². The van der Waals surface area contributed by atoms with Crippen LogP contribution in [0, 0.1) is 0 Å². The minimum atomic E-state index is -0.795. The molecule has 0 radical (unpaired) electrons. The van der Waals surface area contributed by atoms with Crippen LogP contribution in [0.5, 0.6) is 0 Å². The Bertz CT molecular complexity index is 431. The van der Waals surface area contributed by atoms with E-state index in [4.69, 9.17) is 10.5 Å². The van der Waals surface area contributed by atoms with Crippen LogP contribution in [0.25, 0.3) is 0 Å². The summed E-state index contributed by atoms with van der Waals surface area (Å²) in [7, 11) is 0. The summed E-state index contributed by atoms with van der Waals surface area (Å²) in [5.74, 6) is -1.11. The summed E-state index contributed by atoms with van der Waals surface area (Å²) in [5.41, 5.74) is 6.72. The van der Waals surface area contributed by atoms with Crippen molar-refractivity contribution in [3.63, 3.8) is 0 Å². The molecular formula is C17H25NO3. The predicted octanol–water partition coefficient (Wildman–Crippen LogP) is 2.99. The summed E-state index contributed by atoms with van der Waals surface area (Å²) >= 11 is 0. The Morgan fingerprint density at radius 1 is 1.10 bits per heavy atom. The number of hydrogen-bond donors (Lipinski definition) is 1. The number of hydrogen-bond acceptors (Lipinski definition) is 4. The van der Waals surface area contributed by atoms with E-state index >= 15 is 0 Å². The molecule has 116 valence electrons. The van der Waals surface area contributed by atoms with Crippen molar-refractivity contribution >= 4 is 11.9 Å². The molecule has 0 aliphatic rings. The van der Waals surface area contributed by atoms with Crippen molar-refractivity contribution < 1.29 is 14.3 Å². The van der Waals surface area contributed by atoms with Gasteiger partial charge in [-0.2, -0.15) is 0 Å². The van der Waals surface area contributed by atoms with Crippen molar-refractivity contribution in [3.05, 3.63) is 35.9 Å². The molecule has 0 heterocycles. The van der Waals surface area contributed by atoms with Gasteiger partial charge >= 0.3 is 11.9 Å². The molecule has 1 atom stereocenters. The lowest BCUT2D eigenvalue weighted by molar-refractivity contribution is -0.160. The second kappa shape index (κ2) is 10.1. The normalized spacial score (nSPS) is 11.9. The second-order valence-electron chi connectivity index (χ2n) is 5.25. The van der Waals surface area contributed by atoms with E-state index in [9.17, 15) is 9.59 Å². The highest BCUT2D eigenvalue weighted by atomic mass is 16.6. The highest BCUT2D eigenvalue weighted by molar-refractivity contribution is 5.88. The molecule has 1 unspecified atom stereocenters. The lowest BCUT2D eigenvalue weighted by Crippen LogP contribution is -2.35. The minimum Gasteiger partial charge on any atom is -0.392 e. The molecule has 0 spiro atoms. The smallest absolute Gasteiger partial charge is 0.330 e. The number of nitrogens with two attached hydrogens (primary N) is 1. The van der Waals surface area contributed by atoms with Crippen LogP contribution in [-0.2, 0) is 20.7 Å². The summed E-state index contributed by atoms with van der Waals surface area (Å²) in [4.78, 5) is 23.3. The molecule has 2 N–H and O–H groups in total. The van der Waals surface area contributed by atoms with E-state index < -0.39 is 18.0 Å². The fraction of sp³-hybridized carbons (Fsp3) is 0.529. The Morgan fingerprint density at radius 3 is 2.43 bits per heavy atom. The molecule has 0 fully saturated rings. The third-order valence-corrected chi connectivity index (χ3v) is 3.30. The van der Waals surface area contributed by atoms with Gasteiger partial charge in [-0.25, -0.2) is 4.79 Å². The molecular weight excluding hydrogens is 266 g/mol. The largest absolute Gasteiger partial charge is 0.392 e. The van der Waals surface area contributed by atoms with E-state index in [1.807, 2.05) is 30.3 Å². The van der Waals surface area contributed by atoms with Gasteiger partial charge in [0.1, 0.15) is 6.04 Å². The van der Waals surface area contributed by atoms with Gasteiger partial charge in [0.2, 0.25) is 0 Å². The maximum Gasteiger partial charge on any atom is 0.330 e. The van der Waals surface area contributed by atoms with Crippen LogP contribution in [0.15, 0.2) is 30.3 Å². The number of carbonyl (C=O) groups excluding carboxylic acids is 2. The number of benzene rings is 1. The summed E-state index contributed by atoms with van der Waals surface area (Å²) < 4.78 is 4.79. The van der Waals surface area contributed by atoms with Crippen LogP contribution in [0.4, 0.5) is 0 Å². The second-order valence-corrected chi connectivity index (χ2v) is 5.25. The van der Waals surface area contributed by atoms with Gasteiger partial charge < -0.3 is 10.5 Å². The molecule has 4 nitrogen and oxygen atoms in total. The van der Waals surface area contributed by atoms with E-state index in [-0.39, 0.29) is 6.42 Å². The molecule has 1 aromatic rings. The standard InChI is InChI=1S/C17H25NO3/c1-2-3-4-5-9-12-16(19)21-17(20)15(18)13-14-10-7-6-8-11-14/h6-8,10-11,15H,2-5,9,12-13,18H2,1H3. The van der Waals surface area contributed by atoms with Crippen molar-refractivity contribution in [1.82, 2.24) is 0 Å². The Labute approximate surface area is 126 Å². The van der Waals surface area contributed by atoms with E-state index in [0.717, 1.165) is 31.2 Å². The maximum atomic E-state index is 11.7. The summed E-state index contributed by atoms with van der Waals surface area (Å²) in [6, 6.07) is 8.65. The van der Waals surface area contributed by atoms with Crippen LogP contribution in [0.2, 0.25) is 0 Å². The fourth-order valence-corrected chi connectivity index (χ4v) is 2.06. The summed E-state index contributed by atoms with van der Waals surface area (Å²) in [6.45, 7) is 2.14. The first-order valence-corrected chi connectivity index (χ1v) is 7.67. The third-order valence-electron chi connectivity index (χ3n) is 3.30. The molecule has 0 aliphatic carbocycles. The molecule has 1 aromatic carbocycles. The average Bonchev–Trinajstić information content (AvgIpc) is 2.48. The molecule has 0 amide bonds. The third kappa shape index (κ3) is 7.61. The Morgan fingerprint density at radius 2 is 1.76 bits per heavy atom. The highest BCUT2D eigenvalue weighted by Crippen LogP contribution is 2.07. The van der Waals surface area contributed by atoms with Crippen molar-refractivity contribution in [2.45, 2.75) is 57.9 Å². The van der Waals surface area contributed by atoms with Crippen LogP contribution in [0.1, 0.15) is 51.0 Å². The fourth-order valence-electron chi connectivity index (χ4n) is 2.06. The van der Waals surface area contributed by atoms with Gasteiger partial charge in [-0.15, -0.1) is 0 Å². The van der Waals surface area contributed by atoms with Gasteiger partial charge in [0.25, 0.3) is 0 Å². The maximum absolute atomic E-state index is 11.7. The first-order valence-electron chi connectivity index (χ1n) is 7.67. The highest BCUT2D eigenvalue weighted by Gasteiger charge is 2.18. The van der Waals surface area contributed by atoms with Gasteiger partial charge in [0, 0.05) is 6.42 Å². The first-order chi connectivity index (χ1) is 10.1. The zero-order valence-electron chi connectivity index (χ0n) is 12.7. The van der Waals surface area contributed by atoms with E-state index in [1.165, 1.54) is 6.42 Å². The predicted molar refractivity (Wildman–Crippen MR) is 82.6 cm³/mol. The Balaban J connectivity index is 2.23. The number of esters is 2. The van der Waals surface area contributed by atoms with Crippen LogP contribution in [0.3, 0.4) is 0 Å². The van der Waals surface area contributed by atoms with E-state index in [0.29, 0.717) is 6.42 Å². The quantitative estimate of drug-likeness (QED) is 0.431. The SMILES string of the molecule is CCCCCCCC(=O)OC(=O)C(N)Cc1ccccc1. The molecule has 21 heavy (non-hydrogen) atoms. The van der Waals surface area contributed by atoms with Crippen molar-refractivity contribution in [3.8, 4) is 0 Å². The van der Waals surface area contributed by atoms with Gasteiger partial charge in [-0.1, -0.05) is 62.9 Å². The van der Waals surface area contributed by atoms with E-state index in [2.05, 4.69) is 6.92 Å². The molecule has 0 saturated heterocycles. The molecule has 4 heteroatoms. The van der Waals surface area contributed by atoms with Crippen molar-refractivity contribution in [2.75, 3.05) is 0 Å². The Kier molecular flexibility index (Phi) is 8.36. The van der Waals surface area contributed by atoms with Crippen LogP contribution in [-0.4, -0.2) is 18.0 Å². The number of rotatable bonds is 9. The molecule has 0 aliphatic heterocycles. The molecule has 0 aromatic heterocycles. The van der Waals surface area contributed by atoms with Gasteiger partial charge in [0.05, 0.1) is 0 Å². The molecule has 0 bridgehead atoms. The van der Waals surface area contributed by atoms with Gasteiger partial charge in [-0.3, -0.25) is 4.79 Å². The summed E-state index contributed by atoms with van der Waals surface area (Å²) in [5, 5.41) is 0. The topological polar surface area (TPSA) is 69.4 Å². The van der Waals surface area contributed by atoms with Gasteiger partial charge in [0.15, 0.2) is 0 Å². The number of unbranched alkanes of at least 4 members (excludes halogenated alkanes) is 4. The first kappa shape index (κ1) is 17.4. The zero-order valence-corrected chi connectivity index (χ0v) is 12.7. The monoisotopic (exact) mass is 291 g/mol. The molecule has 0 saturated carbocycles. The van der Waals surface area contributed by atoms with Gasteiger partial charge in [-0.05, 0) is 18.4 Å². The lowest BCUT2D eigenvalue weighted by Gasteiger charge is -2.10. The zero-order chi connectivity index (χ0) is 15.5. The van der Waals surface area contributed by atoms with Crippen molar-refractivity contribution in [2.24, 2.45) is 5.73 Å². The lowest BCUT2D eigenvalue weighted by atomic mass is 10.1. The van der Waals surface area contributed by atoms with Crippen LogP contribution < -0.4 is 5.73 Å². The van der Waals surface area contributed by atoms with E-state index in [1.54, 1.807) is 0 Å². The minimum absolute atomic E-state index is 0.285. The number of carbonyl (C=O) groups is 2. The Hall–Kier alpha value is -1.68. The summed E-state index contributed by atoms with van der Waals surface area (Å²) in [6.07, 6.45) is 5.88. The average molecular weight is 291 g/mol. The molecule has 1 rings (SSSR count). The van der Waals surface area contributed by atoms with Crippen molar-refractivity contribution in [1.29, 1.82) is 0 Å². The number of ether oxygens (including phenoxy) is 1.